The molecule has 0 fully saturated rings. The van der Waals surface area contributed by atoms with E-state index in [0.717, 1.165) is 6.07 Å². The van der Waals surface area contributed by atoms with Crippen molar-refractivity contribution in [3.05, 3.63) is 29.1 Å². The summed E-state index contributed by atoms with van der Waals surface area (Å²) in [5.41, 5.74) is 0.0702. The number of rotatable bonds is 1. The molecule has 0 aliphatic heterocycles. The summed E-state index contributed by atoms with van der Waals surface area (Å²) in [6.45, 7) is 1.32. The van der Waals surface area contributed by atoms with Gasteiger partial charge in [0.1, 0.15) is 10.7 Å². The highest BCUT2D eigenvalue weighted by Crippen LogP contribution is 2.23. The smallest absolute Gasteiger partial charge is 0.207 e. The van der Waals surface area contributed by atoms with Crippen molar-refractivity contribution < 1.29 is 12.8 Å². The molecular weight excluding hydrogens is 229 g/mol. The number of nitrogens with zero attached hydrogens (tertiary/aromatic N) is 1. The Kier molecular flexibility index (Phi) is 2.79. The fraction of sp³-hybridized carbons (Fsp3) is 0.125. The van der Waals surface area contributed by atoms with Crippen LogP contribution in [0.2, 0.25) is 0 Å². The lowest BCUT2D eigenvalue weighted by Crippen LogP contribution is -1.99. The molecule has 3 nitrogen and oxygen atoms in total. The van der Waals surface area contributed by atoms with Crippen molar-refractivity contribution in [1.29, 1.82) is 5.26 Å². The van der Waals surface area contributed by atoms with Gasteiger partial charge in [-0.3, -0.25) is 0 Å². The van der Waals surface area contributed by atoms with Gasteiger partial charge in [-0.15, -0.1) is 0 Å². The van der Waals surface area contributed by atoms with Crippen molar-refractivity contribution in [3.8, 4) is 6.07 Å². The van der Waals surface area contributed by atoms with Gasteiger partial charge in [0.15, 0.2) is 0 Å². The molecule has 1 aromatic carbocycles. The van der Waals surface area contributed by atoms with Gasteiger partial charge in [0.05, 0.1) is 11.6 Å². The third-order valence-corrected chi connectivity index (χ3v) is 3.07. The average Bonchev–Trinajstić information content (AvgIpc) is 2.07. The van der Waals surface area contributed by atoms with Crippen LogP contribution in [0, 0.1) is 24.1 Å². The Bertz CT molecular complexity index is 519. The van der Waals surface area contributed by atoms with Crippen LogP contribution in [0.3, 0.4) is 0 Å². The summed E-state index contributed by atoms with van der Waals surface area (Å²) in [6.07, 6.45) is 0. The summed E-state index contributed by atoms with van der Waals surface area (Å²) in [6, 6.07) is 3.93. The Hall–Kier alpha value is -1.12. The number of benzene rings is 1. The van der Waals surface area contributed by atoms with Gasteiger partial charge in [0, 0.05) is 16.2 Å². The first-order valence-electron chi connectivity index (χ1n) is 3.52. The summed E-state index contributed by atoms with van der Waals surface area (Å²) in [5.74, 6) is -0.973. The summed E-state index contributed by atoms with van der Waals surface area (Å²) < 4.78 is 35.0. The molecule has 0 atom stereocenters. The first-order chi connectivity index (χ1) is 6.38. The molecule has 0 amide bonds. The van der Waals surface area contributed by atoms with Crippen molar-refractivity contribution in [1.82, 2.24) is 0 Å². The van der Waals surface area contributed by atoms with Gasteiger partial charge in [-0.05, 0) is 19.1 Å². The van der Waals surface area contributed by atoms with Gasteiger partial charge < -0.3 is 0 Å². The second-order valence-electron chi connectivity index (χ2n) is 2.60. The maximum absolute atomic E-state index is 13.3. The minimum atomic E-state index is -4.09. The lowest BCUT2D eigenvalue weighted by Gasteiger charge is -2.02. The third kappa shape index (κ3) is 1.86. The fourth-order valence-electron chi connectivity index (χ4n) is 0.970. The quantitative estimate of drug-likeness (QED) is 0.697. The van der Waals surface area contributed by atoms with E-state index in [1.165, 1.54) is 13.0 Å². The second-order valence-corrected chi connectivity index (χ2v) is 5.13. The highest BCUT2D eigenvalue weighted by atomic mass is 35.7. The molecule has 14 heavy (non-hydrogen) atoms. The number of nitriles is 1. The summed E-state index contributed by atoms with van der Waals surface area (Å²) in [7, 11) is 0.887. The Labute approximate surface area is 85.2 Å². The molecule has 0 aliphatic carbocycles. The van der Waals surface area contributed by atoms with Crippen LogP contribution in [0.15, 0.2) is 17.0 Å². The zero-order chi connectivity index (χ0) is 10.9. The summed E-state index contributed by atoms with van der Waals surface area (Å²) >= 11 is 0. The fourth-order valence-corrected chi connectivity index (χ4v) is 1.92. The Balaban J connectivity index is 3.57. The van der Waals surface area contributed by atoms with Crippen LogP contribution < -0.4 is 0 Å². The predicted molar refractivity (Wildman–Crippen MR) is 48.9 cm³/mol. The minimum absolute atomic E-state index is 0.0192. The van der Waals surface area contributed by atoms with Crippen molar-refractivity contribution in [2.24, 2.45) is 0 Å². The van der Waals surface area contributed by atoms with Crippen LogP contribution >= 0.6 is 10.7 Å². The molecule has 0 saturated heterocycles. The molecule has 0 saturated carbocycles. The van der Waals surface area contributed by atoms with Crippen LogP contribution in [0.4, 0.5) is 4.39 Å². The molecule has 0 aliphatic rings. The molecule has 6 heteroatoms. The van der Waals surface area contributed by atoms with Crippen molar-refractivity contribution in [2.45, 2.75) is 11.8 Å². The molecule has 0 spiro atoms. The lowest BCUT2D eigenvalue weighted by atomic mass is 10.1. The first-order valence-corrected chi connectivity index (χ1v) is 5.82. The highest BCUT2D eigenvalue weighted by molar-refractivity contribution is 8.13. The van der Waals surface area contributed by atoms with E-state index in [2.05, 4.69) is 0 Å². The predicted octanol–water partition coefficient (Wildman–Crippen LogP) is 1.93. The van der Waals surface area contributed by atoms with E-state index < -0.39 is 19.8 Å². The summed E-state index contributed by atoms with van der Waals surface area (Å²) in [5, 5.41) is 8.54. The van der Waals surface area contributed by atoms with E-state index in [-0.39, 0.29) is 11.1 Å². The third-order valence-electron chi connectivity index (χ3n) is 1.73. The van der Waals surface area contributed by atoms with E-state index in [0.29, 0.717) is 0 Å². The Morgan fingerprint density at radius 1 is 1.50 bits per heavy atom. The largest absolute Gasteiger partial charge is 0.264 e. The van der Waals surface area contributed by atoms with Crippen molar-refractivity contribution in [2.75, 3.05) is 0 Å². The van der Waals surface area contributed by atoms with Gasteiger partial charge in [0.25, 0.3) is 9.05 Å². The average molecular weight is 234 g/mol. The second kappa shape index (κ2) is 3.56. The van der Waals surface area contributed by atoms with Gasteiger partial charge in [0.2, 0.25) is 0 Å². The highest BCUT2D eigenvalue weighted by Gasteiger charge is 2.19. The number of hydrogen-bond donors (Lipinski definition) is 0. The molecule has 0 unspecified atom stereocenters. The van der Waals surface area contributed by atoms with E-state index in [4.69, 9.17) is 15.9 Å². The Morgan fingerprint density at radius 3 is 2.50 bits per heavy atom. The molecule has 0 bridgehead atoms. The van der Waals surface area contributed by atoms with Crippen molar-refractivity contribution in [3.63, 3.8) is 0 Å². The molecule has 0 radical (unpaired) electrons. The van der Waals surface area contributed by atoms with Gasteiger partial charge in [-0.1, -0.05) is 0 Å². The van der Waals surface area contributed by atoms with E-state index in [1.54, 1.807) is 6.07 Å². The molecule has 0 aromatic heterocycles. The maximum Gasteiger partial charge on any atom is 0.264 e. The van der Waals surface area contributed by atoms with Gasteiger partial charge >= 0.3 is 0 Å². The number of halogens is 2. The number of hydrogen-bond acceptors (Lipinski definition) is 3. The van der Waals surface area contributed by atoms with Crippen LogP contribution in [-0.2, 0) is 9.05 Å². The van der Waals surface area contributed by atoms with Crippen LogP contribution in [0.25, 0.3) is 0 Å². The lowest BCUT2D eigenvalue weighted by molar-refractivity contribution is 0.569. The maximum atomic E-state index is 13.3. The molecule has 1 aromatic rings. The van der Waals surface area contributed by atoms with Crippen molar-refractivity contribution >= 4 is 19.7 Å². The minimum Gasteiger partial charge on any atom is -0.207 e. The first kappa shape index (κ1) is 11.0. The normalized spacial score (nSPS) is 11.0. The summed E-state index contributed by atoms with van der Waals surface area (Å²) in [4.78, 5) is -0.601. The van der Waals surface area contributed by atoms with Crippen LogP contribution in [-0.4, -0.2) is 8.42 Å². The SMILES string of the molecule is Cc1c(C#N)ccc(S(=O)(=O)Cl)c1F. The zero-order valence-electron chi connectivity index (χ0n) is 7.08. The van der Waals surface area contributed by atoms with E-state index in [9.17, 15) is 12.8 Å². The van der Waals surface area contributed by atoms with Crippen LogP contribution in [0.1, 0.15) is 11.1 Å². The molecule has 74 valence electrons. The monoisotopic (exact) mass is 233 g/mol. The van der Waals surface area contributed by atoms with Gasteiger partial charge in [-0.25, -0.2) is 12.8 Å². The van der Waals surface area contributed by atoms with Crippen LogP contribution in [0.5, 0.6) is 0 Å². The molecule has 0 N–H and O–H groups in total. The van der Waals surface area contributed by atoms with E-state index in [1.807, 2.05) is 0 Å². The molecule has 0 heterocycles. The molecule has 1 rings (SSSR count). The standard InChI is InChI=1S/C8H5ClFNO2S/c1-5-6(4-11)2-3-7(8(5)10)14(9,12)13/h2-3H,1H3. The van der Waals surface area contributed by atoms with Gasteiger partial charge in [-0.2, -0.15) is 5.26 Å². The zero-order valence-corrected chi connectivity index (χ0v) is 8.66. The Morgan fingerprint density at radius 2 is 2.07 bits per heavy atom. The van der Waals surface area contributed by atoms with E-state index >= 15 is 0 Å². The topological polar surface area (TPSA) is 57.9 Å². The molecular formula is C8H5ClFNO2S.